The molecular weight excluding hydrogens is 246 g/mol. The minimum Gasteiger partial charge on any atom is -0.467 e. The van der Waals surface area contributed by atoms with Crippen molar-refractivity contribution in [2.45, 2.75) is 6.54 Å². The van der Waals surface area contributed by atoms with Crippen molar-refractivity contribution in [3.8, 4) is 6.01 Å². The summed E-state index contributed by atoms with van der Waals surface area (Å²) in [5, 5.41) is 7.62. The molecule has 2 aromatic rings. The van der Waals surface area contributed by atoms with Gasteiger partial charge in [-0.25, -0.2) is 0 Å². The first-order valence-electron chi connectivity index (χ1n) is 4.61. The summed E-state index contributed by atoms with van der Waals surface area (Å²) in [6, 6.07) is 3.98. The first kappa shape index (κ1) is 11.2. The van der Waals surface area contributed by atoms with Crippen LogP contribution in [0.25, 0.3) is 0 Å². The van der Waals surface area contributed by atoms with Crippen LogP contribution < -0.4 is 10.1 Å². The maximum atomic E-state index is 5.82. The molecule has 0 aliphatic carbocycles. The molecule has 16 heavy (non-hydrogen) atoms. The van der Waals surface area contributed by atoms with E-state index in [0.717, 1.165) is 0 Å². The summed E-state index contributed by atoms with van der Waals surface area (Å²) in [7, 11) is 1.51. The molecule has 84 valence electrons. The van der Waals surface area contributed by atoms with Crippen LogP contribution >= 0.6 is 22.9 Å². The highest BCUT2D eigenvalue weighted by Crippen LogP contribution is 2.16. The molecule has 1 N–H and O–H groups in total. The highest BCUT2D eigenvalue weighted by Gasteiger charge is 2.02. The fourth-order valence-electron chi connectivity index (χ4n) is 1.16. The van der Waals surface area contributed by atoms with Gasteiger partial charge < -0.3 is 10.1 Å². The number of halogens is 1. The van der Waals surface area contributed by atoms with Crippen molar-refractivity contribution in [1.29, 1.82) is 0 Å². The second-order valence-corrected chi connectivity index (χ2v) is 4.22. The third-order valence-electron chi connectivity index (χ3n) is 1.91. The van der Waals surface area contributed by atoms with E-state index in [1.165, 1.54) is 12.7 Å². The van der Waals surface area contributed by atoms with Gasteiger partial charge in [0.2, 0.25) is 0 Å². The van der Waals surface area contributed by atoms with E-state index in [1.54, 1.807) is 17.4 Å². The first-order valence-corrected chi connectivity index (χ1v) is 5.93. The van der Waals surface area contributed by atoms with E-state index in [1.807, 2.05) is 5.38 Å². The fourth-order valence-corrected chi connectivity index (χ4v) is 2.01. The predicted molar refractivity (Wildman–Crippen MR) is 65.2 cm³/mol. The topological polar surface area (TPSA) is 47.0 Å². The van der Waals surface area contributed by atoms with Gasteiger partial charge in [0, 0.05) is 12.6 Å². The van der Waals surface area contributed by atoms with Gasteiger partial charge in [-0.2, -0.15) is 21.3 Å². The number of rotatable bonds is 4. The Labute approximate surface area is 102 Å². The molecule has 0 aliphatic rings. The Morgan fingerprint density at radius 1 is 1.50 bits per heavy atom. The minimum absolute atomic E-state index is 0.264. The van der Waals surface area contributed by atoms with Crippen molar-refractivity contribution in [1.82, 2.24) is 9.97 Å². The van der Waals surface area contributed by atoms with Crippen molar-refractivity contribution in [2.75, 3.05) is 12.4 Å². The van der Waals surface area contributed by atoms with E-state index in [9.17, 15) is 0 Å². The van der Waals surface area contributed by atoms with Crippen LogP contribution in [0.4, 0.5) is 5.82 Å². The van der Waals surface area contributed by atoms with Gasteiger partial charge in [0.15, 0.2) is 0 Å². The molecule has 0 aromatic carbocycles. The summed E-state index contributed by atoms with van der Waals surface area (Å²) < 4.78 is 4.93. The third kappa shape index (κ3) is 2.84. The van der Waals surface area contributed by atoms with Crippen LogP contribution in [-0.2, 0) is 6.54 Å². The van der Waals surface area contributed by atoms with Gasteiger partial charge in [0.25, 0.3) is 0 Å². The fraction of sp³-hybridized carbons (Fsp3) is 0.200. The quantitative estimate of drug-likeness (QED) is 0.854. The molecule has 0 aliphatic heterocycles. The SMILES string of the molecule is COc1nc(Cl)cc(NCc2ccsc2)n1. The number of thiophene rings is 1. The van der Waals surface area contributed by atoms with Crippen LogP contribution in [0.1, 0.15) is 5.56 Å². The lowest BCUT2D eigenvalue weighted by Crippen LogP contribution is -2.02. The molecule has 0 fully saturated rings. The zero-order chi connectivity index (χ0) is 11.4. The summed E-state index contributed by atoms with van der Waals surface area (Å²) in [5.41, 5.74) is 1.21. The average Bonchev–Trinajstić information content (AvgIpc) is 2.78. The lowest BCUT2D eigenvalue weighted by Gasteiger charge is -2.05. The molecule has 6 heteroatoms. The molecule has 0 saturated heterocycles. The van der Waals surface area contributed by atoms with Crippen molar-refractivity contribution in [2.24, 2.45) is 0 Å². The summed E-state index contributed by atoms with van der Waals surface area (Å²) in [5.74, 6) is 0.656. The van der Waals surface area contributed by atoms with Crippen LogP contribution in [0.3, 0.4) is 0 Å². The second kappa shape index (κ2) is 5.14. The number of hydrogen-bond donors (Lipinski definition) is 1. The average molecular weight is 256 g/mol. The number of hydrogen-bond acceptors (Lipinski definition) is 5. The molecule has 0 spiro atoms. The summed E-state index contributed by atoms with van der Waals surface area (Å²) in [4.78, 5) is 8.02. The first-order chi connectivity index (χ1) is 7.78. The number of methoxy groups -OCH3 is 1. The smallest absolute Gasteiger partial charge is 0.319 e. The van der Waals surface area contributed by atoms with Gasteiger partial charge in [0.1, 0.15) is 11.0 Å². The summed E-state index contributed by atoms with van der Waals surface area (Å²) in [6.45, 7) is 0.708. The van der Waals surface area contributed by atoms with Gasteiger partial charge >= 0.3 is 6.01 Å². The number of nitrogens with zero attached hydrogens (tertiary/aromatic N) is 2. The Balaban J connectivity index is 2.06. The standard InChI is InChI=1S/C10H10ClN3OS/c1-15-10-13-8(11)4-9(14-10)12-5-7-2-3-16-6-7/h2-4,6H,5H2,1H3,(H,12,13,14). The van der Waals surface area contributed by atoms with Crippen LogP contribution in [0.15, 0.2) is 22.9 Å². The molecule has 0 amide bonds. The van der Waals surface area contributed by atoms with Gasteiger partial charge in [0.05, 0.1) is 7.11 Å². The minimum atomic E-state index is 0.264. The molecule has 0 unspecified atom stereocenters. The normalized spacial score (nSPS) is 10.1. The molecule has 0 saturated carbocycles. The van der Waals surface area contributed by atoms with Gasteiger partial charge in [-0.05, 0) is 22.4 Å². The van der Waals surface area contributed by atoms with Crippen LogP contribution in [0, 0.1) is 0 Å². The maximum Gasteiger partial charge on any atom is 0.319 e. The number of nitrogens with one attached hydrogen (secondary N) is 1. The summed E-state index contributed by atoms with van der Waals surface area (Å²) in [6.07, 6.45) is 0. The van der Waals surface area contributed by atoms with Crippen molar-refractivity contribution >= 4 is 28.8 Å². The Morgan fingerprint density at radius 2 is 2.38 bits per heavy atom. The van der Waals surface area contributed by atoms with Crippen LogP contribution in [-0.4, -0.2) is 17.1 Å². The highest BCUT2D eigenvalue weighted by molar-refractivity contribution is 7.07. The van der Waals surface area contributed by atoms with E-state index >= 15 is 0 Å². The van der Waals surface area contributed by atoms with E-state index in [0.29, 0.717) is 17.5 Å². The zero-order valence-electron chi connectivity index (χ0n) is 8.61. The molecule has 0 radical (unpaired) electrons. The van der Waals surface area contributed by atoms with Gasteiger partial charge in [-0.15, -0.1) is 0 Å². The Kier molecular flexibility index (Phi) is 3.58. The highest BCUT2D eigenvalue weighted by atomic mass is 35.5. The Hall–Kier alpha value is -1.33. The summed E-state index contributed by atoms with van der Waals surface area (Å²) >= 11 is 7.48. The largest absolute Gasteiger partial charge is 0.467 e. The lowest BCUT2D eigenvalue weighted by molar-refractivity contribution is 0.380. The van der Waals surface area contributed by atoms with E-state index < -0.39 is 0 Å². The van der Waals surface area contributed by atoms with Crippen LogP contribution in [0.2, 0.25) is 5.15 Å². The molecule has 2 rings (SSSR count). The molecular formula is C10H10ClN3OS. The van der Waals surface area contributed by atoms with Crippen LogP contribution in [0.5, 0.6) is 6.01 Å². The molecule has 2 aromatic heterocycles. The number of ether oxygens (including phenoxy) is 1. The number of aromatic nitrogens is 2. The van der Waals surface area contributed by atoms with Gasteiger partial charge in [-0.1, -0.05) is 11.6 Å². The lowest BCUT2D eigenvalue weighted by atomic mass is 10.3. The zero-order valence-corrected chi connectivity index (χ0v) is 10.2. The van der Waals surface area contributed by atoms with Gasteiger partial charge in [-0.3, -0.25) is 0 Å². The number of anilines is 1. The Bertz CT molecular complexity index is 461. The van der Waals surface area contributed by atoms with E-state index in [4.69, 9.17) is 16.3 Å². The van der Waals surface area contributed by atoms with E-state index in [-0.39, 0.29) is 6.01 Å². The Morgan fingerprint density at radius 3 is 3.06 bits per heavy atom. The van der Waals surface area contributed by atoms with Crippen molar-refractivity contribution < 1.29 is 4.74 Å². The second-order valence-electron chi connectivity index (χ2n) is 3.05. The molecule has 4 nitrogen and oxygen atoms in total. The third-order valence-corrected chi connectivity index (χ3v) is 2.84. The monoisotopic (exact) mass is 255 g/mol. The predicted octanol–water partition coefficient (Wildman–Crippen LogP) is 2.81. The molecule has 0 bridgehead atoms. The maximum absolute atomic E-state index is 5.82. The van der Waals surface area contributed by atoms with Crippen molar-refractivity contribution in [3.63, 3.8) is 0 Å². The molecule has 2 heterocycles. The molecule has 0 atom stereocenters. The van der Waals surface area contributed by atoms with E-state index in [2.05, 4.69) is 26.7 Å². The van der Waals surface area contributed by atoms with Crippen molar-refractivity contribution in [3.05, 3.63) is 33.6 Å².